The normalized spacial score (nSPS) is 11.7. The maximum atomic E-state index is 11.3. The monoisotopic (exact) mass is 192 g/mol. The molecule has 0 aliphatic carbocycles. The van der Waals surface area contributed by atoms with Crippen LogP contribution in [0.5, 0.6) is 0 Å². The van der Waals surface area contributed by atoms with Crippen LogP contribution in [0.2, 0.25) is 0 Å². The van der Waals surface area contributed by atoms with Crippen LogP contribution in [0.3, 0.4) is 0 Å². The molecule has 0 aliphatic rings. The summed E-state index contributed by atoms with van der Waals surface area (Å²) >= 11 is 1.17. The number of thioether (sulfide) groups is 1. The lowest BCUT2D eigenvalue weighted by Gasteiger charge is -2.21. The summed E-state index contributed by atoms with van der Waals surface area (Å²) in [6.45, 7) is 2.96. The standard InChI is InChI=1S/C8H16O3S/c1-3-4-12-7(11)8(2,5-9)6-10/h9-10H,3-6H2,1-2H3. The van der Waals surface area contributed by atoms with Gasteiger partial charge in [0.15, 0.2) is 5.12 Å². The molecule has 0 atom stereocenters. The highest BCUT2D eigenvalue weighted by molar-refractivity contribution is 8.13. The van der Waals surface area contributed by atoms with Crippen molar-refractivity contribution < 1.29 is 15.0 Å². The Balaban J connectivity index is 4.03. The maximum absolute atomic E-state index is 11.3. The average molecular weight is 192 g/mol. The van der Waals surface area contributed by atoms with Gasteiger partial charge in [-0.25, -0.2) is 0 Å². The van der Waals surface area contributed by atoms with Crippen molar-refractivity contribution in [3.8, 4) is 0 Å². The maximum Gasteiger partial charge on any atom is 0.199 e. The lowest BCUT2D eigenvalue weighted by atomic mass is 9.95. The molecule has 0 fully saturated rings. The number of aliphatic hydroxyl groups is 2. The molecule has 0 aromatic heterocycles. The van der Waals surface area contributed by atoms with Gasteiger partial charge in [0.05, 0.1) is 18.6 Å². The Labute approximate surface area is 77.2 Å². The molecule has 0 saturated carbocycles. The fraction of sp³-hybridized carbons (Fsp3) is 0.875. The van der Waals surface area contributed by atoms with E-state index in [9.17, 15) is 4.79 Å². The smallest absolute Gasteiger partial charge is 0.199 e. The second-order valence-corrected chi connectivity index (χ2v) is 4.08. The zero-order valence-corrected chi connectivity index (χ0v) is 8.36. The number of aliphatic hydroxyl groups excluding tert-OH is 2. The molecule has 0 amide bonds. The predicted molar refractivity (Wildman–Crippen MR) is 50.0 cm³/mol. The van der Waals surface area contributed by atoms with E-state index in [4.69, 9.17) is 10.2 Å². The van der Waals surface area contributed by atoms with Crippen LogP contribution in [0.1, 0.15) is 20.3 Å². The summed E-state index contributed by atoms with van der Waals surface area (Å²) in [4.78, 5) is 11.3. The van der Waals surface area contributed by atoms with Gasteiger partial charge in [0, 0.05) is 5.75 Å². The topological polar surface area (TPSA) is 57.5 Å². The molecule has 0 radical (unpaired) electrons. The molecule has 4 heteroatoms. The van der Waals surface area contributed by atoms with Crippen molar-refractivity contribution in [2.75, 3.05) is 19.0 Å². The summed E-state index contributed by atoms with van der Waals surface area (Å²) < 4.78 is 0. The number of carbonyl (C=O) groups is 1. The van der Waals surface area contributed by atoms with Gasteiger partial charge in [0.25, 0.3) is 0 Å². The fourth-order valence-electron chi connectivity index (χ4n) is 0.548. The van der Waals surface area contributed by atoms with Gasteiger partial charge in [-0.2, -0.15) is 0 Å². The first-order valence-corrected chi connectivity index (χ1v) is 4.98. The van der Waals surface area contributed by atoms with E-state index in [1.165, 1.54) is 11.8 Å². The molecule has 0 aromatic carbocycles. The third kappa shape index (κ3) is 3.13. The van der Waals surface area contributed by atoms with Gasteiger partial charge >= 0.3 is 0 Å². The van der Waals surface area contributed by atoms with Gasteiger partial charge in [-0.1, -0.05) is 18.7 Å². The van der Waals surface area contributed by atoms with Crippen LogP contribution in [0.15, 0.2) is 0 Å². The van der Waals surface area contributed by atoms with Crippen LogP contribution in [0, 0.1) is 5.41 Å². The van der Waals surface area contributed by atoms with Crippen molar-refractivity contribution in [3.05, 3.63) is 0 Å². The van der Waals surface area contributed by atoms with Crippen molar-refractivity contribution in [1.29, 1.82) is 0 Å². The number of hydrogen-bond donors (Lipinski definition) is 2. The van der Waals surface area contributed by atoms with E-state index in [0.29, 0.717) is 0 Å². The van der Waals surface area contributed by atoms with Gasteiger partial charge in [0.1, 0.15) is 0 Å². The highest BCUT2D eigenvalue weighted by Gasteiger charge is 2.31. The van der Waals surface area contributed by atoms with E-state index in [1.807, 2.05) is 6.92 Å². The molecule has 0 bridgehead atoms. The minimum atomic E-state index is -0.972. The van der Waals surface area contributed by atoms with E-state index in [0.717, 1.165) is 12.2 Å². The molecule has 0 heterocycles. The Morgan fingerprint density at radius 1 is 1.42 bits per heavy atom. The van der Waals surface area contributed by atoms with Crippen LogP contribution >= 0.6 is 11.8 Å². The molecule has 2 N–H and O–H groups in total. The Morgan fingerprint density at radius 3 is 2.25 bits per heavy atom. The van der Waals surface area contributed by atoms with Crippen LogP contribution in [-0.4, -0.2) is 34.3 Å². The summed E-state index contributed by atoms with van der Waals surface area (Å²) in [5.74, 6) is 0.744. The van der Waals surface area contributed by atoms with Crippen molar-refractivity contribution in [2.45, 2.75) is 20.3 Å². The molecule has 0 aromatic rings. The van der Waals surface area contributed by atoms with Crippen molar-refractivity contribution >= 4 is 16.9 Å². The van der Waals surface area contributed by atoms with E-state index in [-0.39, 0.29) is 18.3 Å². The lowest BCUT2D eigenvalue weighted by Crippen LogP contribution is -2.33. The number of hydrogen-bond acceptors (Lipinski definition) is 4. The molecule has 3 nitrogen and oxygen atoms in total. The van der Waals surface area contributed by atoms with Gasteiger partial charge in [0.2, 0.25) is 0 Å². The molecule has 0 unspecified atom stereocenters. The summed E-state index contributed by atoms with van der Waals surface area (Å²) in [5.41, 5.74) is -0.972. The Bertz CT molecular complexity index is 143. The van der Waals surface area contributed by atoms with Crippen LogP contribution in [0.4, 0.5) is 0 Å². The van der Waals surface area contributed by atoms with E-state index >= 15 is 0 Å². The van der Waals surface area contributed by atoms with Crippen LogP contribution in [-0.2, 0) is 4.79 Å². The predicted octanol–water partition coefficient (Wildman–Crippen LogP) is 0.647. The molecule has 0 aliphatic heterocycles. The minimum Gasteiger partial charge on any atom is -0.395 e. The summed E-state index contributed by atoms with van der Waals surface area (Å²) in [6.07, 6.45) is 0.920. The second kappa shape index (κ2) is 5.56. The van der Waals surface area contributed by atoms with E-state index < -0.39 is 5.41 Å². The highest BCUT2D eigenvalue weighted by Crippen LogP contribution is 2.23. The van der Waals surface area contributed by atoms with Crippen molar-refractivity contribution in [1.82, 2.24) is 0 Å². The van der Waals surface area contributed by atoms with Gasteiger partial charge < -0.3 is 10.2 Å². The number of rotatable bonds is 5. The van der Waals surface area contributed by atoms with Gasteiger partial charge in [-0.3, -0.25) is 4.79 Å². The minimum absolute atomic E-state index is 0.130. The average Bonchev–Trinajstić information content (AvgIpc) is 2.12. The first kappa shape index (κ1) is 11.9. The summed E-state index contributed by atoms with van der Waals surface area (Å²) in [7, 11) is 0. The van der Waals surface area contributed by atoms with Gasteiger partial charge in [-0.15, -0.1) is 0 Å². The zero-order valence-electron chi connectivity index (χ0n) is 7.54. The van der Waals surface area contributed by atoms with E-state index in [1.54, 1.807) is 6.92 Å². The third-order valence-electron chi connectivity index (χ3n) is 1.63. The molecular formula is C8H16O3S. The SMILES string of the molecule is CCCSC(=O)C(C)(CO)CO. The van der Waals surface area contributed by atoms with Gasteiger partial charge in [-0.05, 0) is 13.3 Å². The Kier molecular flexibility index (Phi) is 5.53. The van der Waals surface area contributed by atoms with Crippen molar-refractivity contribution in [2.24, 2.45) is 5.41 Å². The first-order chi connectivity index (χ1) is 5.60. The molecular weight excluding hydrogens is 176 g/mol. The largest absolute Gasteiger partial charge is 0.395 e. The summed E-state index contributed by atoms with van der Waals surface area (Å²) in [6, 6.07) is 0. The third-order valence-corrected chi connectivity index (χ3v) is 3.00. The fourth-order valence-corrected chi connectivity index (χ4v) is 1.42. The molecule has 0 rings (SSSR count). The van der Waals surface area contributed by atoms with Crippen LogP contribution < -0.4 is 0 Å². The molecule has 72 valence electrons. The number of carbonyl (C=O) groups excluding carboxylic acids is 1. The van der Waals surface area contributed by atoms with Crippen molar-refractivity contribution in [3.63, 3.8) is 0 Å². The summed E-state index contributed by atoms with van der Waals surface area (Å²) in [5, 5.41) is 17.6. The Morgan fingerprint density at radius 2 is 1.92 bits per heavy atom. The zero-order chi connectivity index (χ0) is 9.61. The Hall–Kier alpha value is -0.0600. The molecule has 0 saturated heterocycles. The molecule has 12 heavy (non-hydrogen) atoms. The highest BCUT2D eigenvalue weighted by atomic mass is 32.2. The second-order valence-electron chi connectivity index (χ2n) is 3.01. The first-order valence-electron chi connectivity index (χ1n) is 3.99. The quantitative estimate of drug-likeness (QED) is 0.671. The van der Waals surface area contributed by atoms with Crippen LogP contribution in [0.25, 0.3) is 0 Å². The molecule has 0 spiro atoms. The van der Waals surface area contributed by atoms with E-state index in [2.05, 4.69) is 0 Å². The lowest BCUT2D eigenvalue weighted by molar-refractivity contribution is -0.123.